The highest BCUT2D eigenvalue weighted by Gasteiger charge is 2.62. The lowest BCUT2D eigenvalue weighted by Gasteiger charge is -2.38. The molecular formula is C21H24O5. The zero-order valence-electron chi connectivity index (χ0n) is 15.6. The quantitative estimate of drug-likeness (QED) is 0.610. The molecular weight excluding hydrogens is 332 g/mol. The second-order valence-corrected chi connectivity index (χ2v) is 8.36. The van der Waals surface area contributed by atoms with Gasteiger partial charge in [-0.2, -0.15) is 0 Å². The van der Waals surface area contributed by atoms with Crippen molar-refractivity contribution in [1.29, 1.82) is 0 Å². The highest BCUT2D eigenvalue weighted by Crippen LogP contribution is 2.66. The Kier molecular flexibility index (Phi) is 3.69. The zero-order chi connectivity index (χ0) is 18.7. The molecule has 1 heterocycles. The van der Waals surface area contributed by atoms with E-state index in [0.29, 0.717) is 22.6 Å². The van der Waals surface area contributed by atoms with E-state index in [1.54, 1.807) is 25.3 Å². The van der Waals surface area contributed by atoms with Crippen LogP contribution >= 0.6 is 0 Å². The molecule has 2 aliphatic rings. The van der Waals surface area contributed by atoms with E-state index in [0.717, 1.165) is 12.8 Å². The lowest BCUT2D eigenvalue weighted by molar-refractivity contribution is -0.0245. The van der Waals surface area contributed by atoms with Gasteiger partial charge in [0.2, 0.25) is 0 Å². The highest BCUT2D eigenvalue weighted by molar-refractivity contribution is 5.93. The largest absolute Gasteiger partial charge is 0.497 e. The van der Waals surface area contributed by atoms with Gasteiger partial charge in [0.05, 0.1) is 7.11 Å². The summed E-state index contributed by atoms with van der Waals surface area (Å²) in [6.07, 6.45) is 2.92. The Morgan fingerprint density at radius 1 is 1.23 bits per heavy atom. The van der Waals surface area contributed by atoms with Gasteiger partial charge < -0.3 is 13.9 Å². The van der Waals surface area contributed by atoms with Crippen LogP contribution in [-0.2, 0) is 4.74 Å². The fraction of sp³-hybridized carbons (Fsp3) is 0.524. The van der Waals surface area contributed by atoms with Gasteiger partial charge in [-0.25, -0.2) is 9.59 Å². The van der Waals surface area contributed by atoms with Gasteiger partial charge in [0.1, 0.15) is 23.0 Å². The van der Waals surface area contributed by atoms with Crippen LogP contribution in [0.2, 0.25) is 0 Å². The van der Waals surface area contributed by atoms with E-state index in [9.17, 15) is 9.59 Å². The summed E-state index contributed by atoms with van der Waals surface area (Å²) >= 11 is 0. The lowest BCUT2D eigenvalue weighted by atomic mass is 9.70. The number of carbonyl (C=O) groups excluding carboxylic acids is 1. The van der Waals surface area contributed by atoms with Crippen LogP contribution in [0.4, 0.5) is 0 Å². The highest BCUT2D eigenvalue weighted by atomic mass is 16.5. The van der Waals surface area contributed by atoms with Gasteiger partial charge in [0.25, 0.3) is 0 Å². The van der Waals surface area contributed by atoms with E-state index in [1.807, 2.05) is 0 Å². The molecule has 1 aromatic carbocycles. The van der Waals surface area contributed by atoms with E-state index in [-0.39, 0.29) is 22.5 Å². The number of hydrogen-bond donors (Lipinski definition) is 0. The summed E-state index contributed by atoms with van der Waals surface area (Å²) < 4.78 is 16.3. The normalized spacial score (nSPS) is 29.1. The summed E-state index contributed by atoms with van der Waals surface area (Å²) in [5.41, 5.74) is -0.219. The molecule has 2 aliphatic carbocycles. The standard InChI is InChI=1S/C21H24O5/c1-20(2)13-7-8-21(20,3)17(11-13)26-19(23)15-10-12-9-14(24-4)5-6-16(12)25-18(15)22/h5-6,9-10,13,17H,7-8,11H2,1-4H3/t13-,17-,21+/m1/s1. The molecule has 2 saturated carbocycles. The lowest BCUT2D eigenvalue weighted by Crippen LogP contribution is -2.38. The van der Waals surface area contributed by atoms with Crippen molar-refractivity contribution in [3.8, 4) is 5.75 Å². The summed E-state index contributed by atoms with van der Waals surface area (Å²) in [4.78, 5) is 25.0. The molecule has 0 unspecified atom stereocenters. The zero-order valence-corrected chi connectivity index (χ0v) is 15.6. The minimum atomic E-state index is -0.666. The predicted molar refractivity (Wildman–Crippen MR) is 97.5 cm³/mol. The van der Waals surface area contributed by atoms with Gasteiger partial charge in [-0.3, -0.25) is 0 Å². The second kappa shape index (κ2) is 5.60. The molecule has 26 heavy (non-hydrogen) atoms. The van der Waals surface area contributed by atoms with E-state index in [2.05, 4.69) is 20.8 Å². The minimum Gasteiger partial charge on any atom is -0.497 e. The van der Waals surface area contributed by atoms with E-state index >= 15 is 0 Å². The molecule has 0 radical (unpaired) electrons. The van der Waals surface area contributed by atoms with Gasteiger partial charge in [-0.05, 0) is 54.9 Å². The maximum Gasteiger partial charge on any atom is 0.351 e. The van der Waals surface area contributed by atoms with Gasteiger partial charge in [-0.1, -0.05) is 20.8 Å². The van der Waals surface area contributed by atoms with Crippen molar-refractivity contribution < 1.29 is 18.7 Å². The van der Waals surface area contributed by atoms with Crippen LogP contribution in [0, 0.1) is 16.7 Å². The molecule has 2 aromatic rings. The Bertz CT molecular complexity index is 941. The summed E-state index contributed by atoms with van der Waals surface area (Å²) in [5.74, 6) is 0.591. The smallest absolute Gasteiger partial charge is 0.351 e. The van der Waals surface area contributed by atoms with Crippen molar-refractivity contribution >= 4 is 16.9 Å². The van der Waals surface area contributed by atoms with Crippen LogP contribution in [-0.4, -0.2) is 19.2 Å². The monoisotopic (exact) mass is 356 g/mol. The fourth-order valence-electron chi connectivity index (χ4n) is 4.87. The molecule has 2 fully saturated rings. The van der Waals surface area contributed by atoms with Crippen molar-refractivity contribution in [3.63, 3.8) is 0 Å². The number of methoxy groups -OCH3 is 1. The van der Waals surface area contributed by atoms with Gasteiger partial charge in [0, 0.05) is 10.8 Å². The van der Waals surface area contributed by atoms with Crippen LogP contribution in [0.25, 0.3) is 11.0 Å². The van der Waals surface area contributed by atoms with Crippen molar-refractivity contribution in [3.05, 3.63) is 40.2 Å². The minimum absolute atomic E-state index is 0.0480. The van der Waals surface area contributed by atoms with E-state index < -0.39 is 11.6 Å². The molecule has 138 valence electrons. The molecule has 5 heteroatoms. The number of fused-ring (bicyclic) bond motifs is 3. The maximum atomic E-state index is 12.7. The van der Waals surface area contributed by atoms with Gasteiger partial charge in [-0.15, -0.1) is 0 Å². The summed E-state index contributed by atoms with van der Waals surface area (Å²) in [6.45, 7) is 6.72. The number of ether oxygens (including phenoxy) is 2. The summed E-state index contributed by atoms with van der Waals surface area (Å²) in [7, 11) is 1.56. The van der Waals surface area contributed by atoms with Crippen LogP contribution in [0.5, 0.6) is 5.75 Å². The topological polar surface area (TPSA) is 65.7 Å². The molecule has 0 N–H and O–H groups in total. The number of rotatable bonds is 3. The fourth-order valence-corrected chi connectivity index (χ4v) is 4.87. The molecule has 3 atom stereocenters. The summed E-state index contributed by atoms with van der Waals surface area (Å²) in [5, 5.41) is 0.635. The molecule has 5 nitrogen and oxygen atoms in total. The summed E-state index contributed by atoms with van der Waals surface area (Å²) in [6, 6.07) is 6.63. The SMILES string of the molecule is COc1ccc2oc(=O)c(C(=O)O[C@@H]3C[C@H]4CC[C@]3(C)C4(C)C)cc2c1. The average molecular weight is 356 g/mol. The van der Waals surface area contributed by atoms with Gasteiger partial charge in [0.15, 0.2) is 0 Å². The van der Waals surface area contributed by atoms with Crippen molar-refractivity contribution in [2.45, 2.75) is 46.1 Å². The Balaban J connectivity index is 1.65. The number of carbonyl (C=O) groups is 1. The first-order valence-corrected chi connectivity index (χ1v) is 9.09. The number of benzene rings is 1. The maximum absolute atomic E-state index is 12.7. The van der Waals surface area contributed by atoms with Crippen molar-refractivity contribution in [1.82, 2.24) is 0 Å². The van der Waals surface area contributed by atoms with Crippen LogP contribution in [0.1, 0.15) is 50.4 Å². The Morgan fingerprint density at radius 3 is 2.62 bits per heavy atom. The predicted octanol–water partition coefficient (Wildman–Crippen LogP) is 4.17. The third-order valence-electron chi connectivity index (χ3n) is 7.12. The molecule has 0 spiro atoms. The first kappa shape index (κ1) is 17.1. The van der Waals surface area contributed by atoms with Crippen LogP contribution < -0.4 is 10.4 Å². The van der Waals surface area contributed by atoms with E-state index in [4.69, 9.17) is 13.9 Å². The third-order valence-corrected chi connectivity index (χ3v) is 7.12. The van der Waals surface area contributed by atoms with Crippen molar-refractivity contribution in [2.24, 2.45) is 16.7 Å². The molecule has 0 saturated heterocycles. The first-order chi connectivity index (χ1) is 12.3. The molecule has 0 aliphatic heterocycles. The Hall–Kier alpha value is -2.30. The molecule has 1 aromatic heterocycles. The van der Waals surface area contributed by atoms with E-state index in [1.165, 1.54) is 12.5 Å². The molecule has 4 rings (SSSR count). The molecule has 2 bridgehead atoms. The first-order valence-electron chi connectivity index (χ1n) is 9.09. The van der Waals surface area contributed by atoms with Crippen LogP contribution in [0.15, 0.2) is 33.5 Å². The molecule has 0 amide bonds. The average Bonchev–Trinajstić information content (AvgIpc) is 2.94. The second-order valence-electron chi connectivity index (χ2n) is 8.36. The Labute approximate surface area is 152 Å². The van der Waals surface area contributed by atoms with Crippen LogP contribution in [0.3, 0.4) is 0 Å². The van der Waals surface area contributed by atoms with Crippen molar-refractivity contribution in [2.75, 3.05) is 7.11 Å². The number of hydrogen-bond acceptors (Lipinski definition) is 5. The third kappa shape index (κ3) is 2.29. The number of esters is 1. The van der Waals surface area contributed by atoms with Gasteiger partial charge >= 0.3 is 11.6 Å². The Morgan fingerprint density at radius 2 is 2.00 bits per heavy atom.